The summed E-state index contributed by atoms with van der Waals surface area (Å²) in [6.07, 6.45) is 1.49. The maximum absolute atomic E-state index is 12.2. The zero-order chi connectivity index (χ0) is 12.2. The van der Waals surface area contributed by atoms with Gasteiger partial charge in [0.1, 0.15) is 0 Å². The zero-order valence-electron chi connectivity index (χ0n) is 10.1. The van der Waals surface area contributed by atoms with Crippen LogP contribution in [0, 0.1) is 0 Å². The molecule has 0 spiro atoms. The number of carbonyl (C=O) groups is 2. The van der Waals surface area contributed by atoms with Gasteiger partial charge in [-0.15, -0.1) is 0 Å². The van der Waals surface area contributed by atoms with Gasteiger partial charge in [0.05, 0.1) is 5.69 Å². The molecule has 3 nitrogen and oxygen atoms in total. The van der Waals surface area contributed by atoms with Crippen LogP contribution < -0.4 is 4.90 Å². The predicted molar refractivity (Wildman–Crippen MR) is 65.3 cm³/mol. The third-order valence-electron chi connectivity index (χ3n) is 3.69. The average molecular weight is 229 g/mol. The maximum atomic E-state index is 12.2. The molecule has 0 N–H and O–H groups in total. The number of hydrogen-bond donors (Lipinski definition) is 0. The summed E-state index contributed by atoms with van der Waals surface area (Å²) >= 11 is 0. The standard InChI is InChI=1S/C14H15NO2/c1-14(2)8-9-4-3-5-10-11(16)6-7-12(17)15(14)13(9)10/h3-5H,6-8H2,1-2H3. The van der Waals surface area contributed by atoms with Gasteiger partial charge in [0.15, 0.2) is 5.78 Å². The fraction of sp³-hybridized carbons (Fsp3) is 0.429. The van der Waals surface area contributed by atoms with Crippen LogP contribution in [0.25, 0.3) is 0 Å². The predicted octanol–water partition coefficient (Wildman–Crippen LogP) is 2.33. The van der Waals surface area contributed by atoms with Crippen LogP contribution in [0.15, 0.2) is 18.2 Å². The van der Waals surface area contributed by atoms with E-state index in [1.54, 1.807) is 0 Å². The highest BCUT2D eigenvalue weighted by atomic mass is 16.2. The Morgan fingerprint density at radius 2 is 1.94 bits per heavy atom. The minimum Gasteiger partial charge on any atom is -0.306 e. The Bertz CT molecular complexity index is 531. The van der Waals surface area contributed by atoms with Crippen molar-refractivity contribution in [3.05, 3.63) is 29.3 Å². The third-order valence-corrected chi connectivity index (χ3v) is 3.69. The van der Waals surface area contributed by atoms with E-state index in [0.717, 1.165) is 23.2 Å². The van der Waals surface area contributed by atoms with Crippen LogP contribution in [0.3, 0.4) is 0 Å². The SMILES string of the molecule is CC1(C)Cc2cccc3c2N1C(=O)CCC3=O. The highest BCUT2D eigenvalue weighted by Crippen LogP contribution is 2.43. The van der Waals surface area contributed by atoms with Gasteiger partial charge >= 0.3 is 0 Å². The second-order valence-electron chi connectivity index (χ2n) is 5.45. The highest BCUT2D eigenvalue weighted by Gasteiger charge is 2.43. The Morgan fingerprint density at radius 1 is 1.18 bits per heavy atom. The van der Waals surface area contributed by atoms with E-state index in [0.29, 0.717) is 12.8 Å². The summed E-state index contributed by atoms with van der Waals surface area (Å²) in [4.78, 5) is 26.0. The molecule has 88 valence electrons. The van der Waals surface area contributed by atoms with Crippen molar-refractivity contribution in [3.8, 4) is 0 Å². The fourth-order valence-electron chi connectivity index (χ4n) is 3.00. The van der Waals surface area contributed by atoms with Crippen molar-refractivity contribution in [2.45, 2.75) is 38.6 Å². The van der Waals surface area contributed by atoms with Crippen molar-refractivity contribution in [2.24, 2.45) is 0 Å². The van der Waals surface area contributed by atoms with E-state index < -0.39 is 0 Å². The lowest BCUT2D eigenvalue weighted by molar-refractivity contribution is -0.119. The minimum atomic E-state index is -0.208. The number of anilines is 1. The molecule has 0 aromatic heterocycles. The molecule has 3 heteroatoms. The first-order valence-corrected chi connectivity index (χ1v) is 5.99. The molecule has 0 bridgehead atoms. The molecule has 1 aromatic carbocycles. The first-order chi connectivity index (χ1) is 8.00. The van der Waals surface area contributed by atoms with E-state index in [-0.39, 0.29) is 17.2 Å². The lowest BCUT2D eigenvalue weighted by atomic mass is 9.97. The number of carbonyl (C=O) groups excluding carboxylic acids is 2. The molecule has 0 saturated carbocycles. The Hall–Kier alpha value is -1.64. The van der Waals surface area contributed by atoms with Crippen LogP contribution in [-0.4, -0.2) is 17.2 Å². The normalized spacial score (nSPS) is 21.4. The van der Waals surface area contributed by atoms with Gasteiger partial charge in [-0.3, -0.25) is 9.59 Å². The van der Waals surface area contributed by atoms with E-state index in [4.69, 9.17) is 0 Å². The number of nitrogens with zero attached hydrogens (tertiary/aromatic N) is 1. The van der Waals surface area contributed by atoms with Gasteiger partial charge in [-0.05, 0) is 31.9 Å². The van der Waals surface area contributed by atoms with Crippen molar-refractivity contribution >= 4 is 17.4 Å². The number of benzene rings is 1. The summed E-state index contributed by atoms with van der Waals surface area (Å²) in [5.41, 5.74) is 2.50. The smallest absolute Gasteiger partial charge is 0.227 e. The summed E-state index contributed by atoms with van der Waals surface area (Å²) < 4.78 is 0. The van der Waals surface area contributed by atoms with E-state index in [1.165, 1.54) is 0 Å². The Kier molecular flexibility index (Phi) is 1.97. The summed E-state index contributed by atoms with van der Waals surface area (Å²) in [6.45, 7) is 4.12. The quantitative estimate of drug-likeness (QED) is 0.684. The Labute approximate surface area is 100 Å². The Morgan fingerprint density at radius 3 is 2.71 bits per heavy atom. The first-order valence-electron chi connectivity index (χ1n) is 5.99. The van der Waals surface area contributed by atoms with Crippen LogP contribution in [0.2, 0.25) is 0 Å². The molecule has 2 aliphatic heterocycles. The molecule has 0 unspecified atom stereocenters. The van der Waals surface area contributed by atoms with Crippen molar-refractivity contribution < 1.29 is 9.59 Å². The van der Waals surface area contributed by atoms with E-state index >= 15 is 0 Å². The summed E-state index contributed by atoms with van der Waals surface area (Å²) in [6, 6.07) is 5.78. The molecule has 0 aliphatic carbocycles. The van der Waals surface area contributed by atoms with Crippen molar-refractivity contribution in [1.29, 1.82) is 0 Å². The van der Waals surface area contributed by atoms with Gasteiger partial charge in [0, 0.05) is 23.9 Å². The van der Waals surface area contributed by atoms with Crippen LogP contribution in [0.1, 0.15) is 42.6 Å². The van der Waals surface area contributed by atoms with Crippen molar-refractivity contribution in [2.75, 3.05) is 4.90 Å². The second-order valence-corrected chi connectivity index (χ2v) is 5.45. The maximum Gasteiger partial charge on any atom is 0.227 e. The fourth-order valence-corrected chi connectivity index (χ4v) is 3.00. The number of hydrogen-bond acceptors (Lipinski definition) is 2. The number of para-hydroxylation sites is 1. The monoisotopic (exact) mass is 229 g/mol. The largest absolute Gasteiger partial charge is 0.306 e. The third kappa shape index (κ3) is 1.35. The number of rotatable bonds is 0. The molecular weight excluding hydrogens is 214 g/mol. The molecule has 0 saturated heterocycles. The number of Topliss-reactive ketones (excluding diaryl/α,β-unsaturated/α-hetero) is 1. The van der Waals surface area contributed by atoms with Gasteiger partial charge in [-0.25, -0.2) is 0 Å². The van der Waals surface area contributed by atoms with Gasteiger partial charge in [-0.2, -0.15) is 0 Å². The summed E-state index contributed by atoms with van der Waals surface area (Å²) in [7, 11) is 0. The molecular formula is C14H15NO2. The molecule has 1 aromatic rings. The van der Waals surface area contributed by atoms with E-state index in [9.17, 15) is 9.59 Å². The van der Waals surface area contributed by atoms with Gasteiger partial charge in [0.25, 0.3) is 0 Å². The van der Waals surface area contributed by atoms with Gasteiger partial charge in [-0.1, -0.05) is 12.1 Å². The molecule has 1 amide bonds. The number of amides is 1. The molecule has 0 radical (unpaired) electrons. The Balaban J connectivity index is 2.30. The van der Waals surface area contributed by atoms with E-state index in [1.807, 2.05) is 23.1 Å². The lowest BCUT2D eigenvalue weighted by Gasteiger charge is -2.31. The number of ketones is 1. The lowest BCUT2D eigenvalue weighted by Crippen LogP contribution is -2.45. The molecule has 2 heterocycles. The first kappa shape index (κ1) is 10.5. The van der Waals surface area contributed by atoms with Crippen LogP contribution in [0.5, 0.6) is 0 Å². The minimum absolute atomic E-state index is 0.0760. The zero-order valence-corrected chi connectivity index (χ0v) is 10.1. The van der Waals surface area contributed by atoms with Crippen molar-refractivity contribution in [1.82, 2.24) is 0 Å². The van der Waals surface area contributed by atoms with Crippen LogP contribution in [0.4, 0.5) is 5.69 Å². The van der Waals surface area contributed by atoms with Crippen molar-refractivity contribution in [3.63, 3.8) is 0 Å². The molecule has 0 fully saturated rings. The highest BCUT2D eigenvalue weighted by molar-refractivity contribution is 6.12. The van der Waals surface area contributed by atoms with Gasteiger partial charge < -0.3 is 4.90 Å². The molecule has 2 aliphatic rings. The summed E-state index contributed by atoms with van der Waals surface area (Å²) in [5.74, 6) is 0.169. The summed E-state index contributed by atoms with van der Waals surface area (Å²) in [5, 5.41) is 0. The average Bonchev–Trinajstić information content (AvgIpc) is 2.46. The van der Waals surface area contributed by atoms with Crippen LogP contribution >= 0.6 is 0 Å². The topological polar surface area (TPSA) is 37.4 Å². The van der Waals surface area contributed by atoms with Gasteiger partial charge in [0.2, 0.25) is 5.91 Å². The molecule has 17 heavy (non-hydrogen) atoms. The van der Waals surface area contributed by atoms with E-state index in [2.05, 4.69) is 13.8 Å². The van der Waals surface area contributed by atoms with Crippen LogP contribution in [-0.2, 0) is 11.2 Å². The second kappa shape index (κ2) is 3.19. The molecule has 3 rings (SSSR count). The molecule has 0 atom stereocenters.